The van der Waals surface area contributed by atoms with Crippen LogP contribution in [-0.2, 0) is 9.59 Å². The molecule has 2 fully saturated rings. The minimum atomic E-state index is -1.39. The van der Waals surface area contributed by atoms with E-state index in [2.05, 4.69) is 15.2 Å². The lowest BCUT2D eigenvalue weighted by atomic mass is 9.72. The Labute approximate surface area is 166 Å². The number of carbonyl (C=O) groups excluding carboxylic acids is 1. The first-order valence-electron chi connectivity index (χ1n) is 9.48. The molecule has 3 heterocycles. The first kappa shape index (κ1) is 21.6. The molecular formula is C19H29ClN4O3. The van der Waals surface area contributed by atoms with Gasteiger partial charge in [0.05, 0.1) is 0 Å². The first-order chi connectivity index (χ1) is 12.6. The van der Waals surface area contributed by atoms with Crippen molar-refractivity contribution in [3.63, 3.8) is 0 Å². The van der Waals surface area contributed by atoms with E-state index in [1.165, 1.54) is 0 Å². The molecule has 0 bridgehead atoms. The lowest BCUT2D eigenvalue weighted by Gasteiger charge is -2.49. The van der Waals surface area contributed by atoms with Gasteiger partial charge in [-0.25, -0.2) is 4.79 Å². The van der Waals surface area contributed by atoms with Crippen molar-refractivity contribution in [2.45, 2.75) is 31.7 Å². The molecule has 1 atom stereocenters. The highest BCUT2D eigenvalue weighted by Gasteiger charge is 2.55. The van der Waals surface area contributed by atoms with Crippen LogP contribution in [0.4, 0.5) is 5.69 Å². The average Bonchev–Trinajstić information content (AvgIpc) is 2.70. The number of rotatable bonds is 6. The van der Waals surface area contributed by atoms with Gasteiger partial charge in [-0.3, -0.25) is 14.7 Å². The van der Waals surface area contributed by atoms with Gasteiger partial charge in [-0.1, -0.05) is 6.92 Å². The molecule has 2 N–H and O–H groups in total. The molecule has 150 valence electrons. The smallest absolute Gasteiger partial charge is 0.332 e. The third kappa shape index (κ3) is 4.10. The van der Waals surface area contributed by atoms with Crippen LogP contribution in [0.3, 0.4) is 0 Å². The standard InChI is InChI=1S/C19H28N4O3.ClH/c1-2-17(24)19(18(25)26,15-3-7-20-8-4-15)23-13-11-22(12-14-23)16-5-9-21-10-6-16;/h5-6,9-10,15,20H,2-4,7-8,11-14H2,1H3,(H,25,26);1H. The Bertz CT molecular complexity index is 631. The average molecular weight is 397 g/mol. The van der Waals surface area contributed by atoms with Gasteiger partial charge < -0.3 is 15.3 Å². The molecule has 3 rings (SSSR count). The van der Waals surface area contributed by atoms with E-state index in [1.807, 2.05) is 17.0 Å². The number of nitrogens with zero attached hydrogens (tertiary/aromatic N) is 3. The maximum Gasteiger partial charge on any atom is 0.332 e. The molecule has 27 heavy (non-hydrogen) atoms. The molecule has 1 aromatic rings. The molecule has 0 radical (unpaired) electrons. The summed E-state index contributed by atoms with van der Waals surface area (Å²) in [5.41, 5.74) is -0.300. The Morgan fingerprint density at radius 2 is 1.78 bits per heavy atom. The number of hydrogen-bond acceptors (Lipinski definition) is 6. The molecule has 2 saturated heterocycles. The van der Waals surface area contributed by atoms with Gasteiger partial charge in [-0.05, 0) is 44.0 Å². The van der Waals surface area contributed by atoms with Crippen LogP contribution in [0.15, 0.2) is 24.5 Å². The molecule has 0 spiro atoms. The number of halogens is 1. The van der Waals surface area contributed by atoms with E-state index in [9.17, 15) is 14.7 Å². The van der Waals surface area contributed by atoms with E-state index < -0.39 is 11.5 Å². The van der Waals surface area contributed by atoms with Crippen LogP contribution in [0.2, 0.25) is 0 Å². The molecule has 0 saturated carbocycles. The van der Waals surface area contributed by atoms with Crippen molar-refractivity contribution in [3.05, 3.63) is 24.5 Å². The van der Waals surface area contributed by atoms with Crippen LogP contribution in [0.1, 0.15) is 26.2 Å². The number of carbonyl (C=O) groups is 2. The highest BCUT2D eigenvalue weighted by atomic mass is 35.5. The van der Waals surface area contributed by atoms with Gasteiger partial charge in [0, 0.05) is 50.7 Å². The summed E-state index contributed by atoms with van der Waals surface area (Å²) >= 11 is 0. The minimum Gasteiger partial charge on any atom is -0.480 e. The van der Waals surface area contributed by atoms with E-state index in [4.69, 9.17) is 0 Å². The Morgan fingerprint density at radius 3 is 2.30 bits per heavy atom. The van der Waals surface area contributed by atoms with Gasteiger partial charge >= 0.3 is 5.97 Å². The second-order valence-electron chi connectivity index (χ2n) is 7.05. The van der Waals surface area contributed by atoms with Crippen molar-refractivity contribution in [3.8, 4) is 0 Å². The topological polar surface area (TPSA) is 85.8 Å². The number of hydrogen-bond donors (Lipinski definition) is 2. The largest absolute Gasteiger partial charge is 0.480 e. The van der Waals surface area contributed by atoms with Crippen LogP contribution in [0.5, 0.6) is 0 Å². The van der Waals surface area contributed by atoms with Crippen molar-refractivity contribution in [1.29, 1.82) is 0 Å². The maximum absolute atomic E-state index is 13.0. The predicted octanol–water partition coefficient (Wildman–Crippen LogP) is 1.43. The number of ketones is 1. The number of Topliss-reactive ketones (excluding diaryl/α,β-unsaturated/α-hetero) is 1. The number of pyridine rings is 1. The number of carboxylic acid groups (broad SMARTS) is 1. The zero-order valence-corrected chi connectivity index (χ0v) is 16.6. The molecule has 0 aliphatic carbocycles. The molecule has 1 aromatic heterocycles. The summed E-state index contributed by atoms with van der Waals surface area (Å²) in [4.78, 5) is 33.6. The number of nitrogens with one attached hydrogen (secondary N) is 1. The quantitative estimate of drug-likeness (QED) is 0.703. The number of aromatic nitrogens is 1. The Morgan fingerprint density at radius 1 is 1.19 bits per heavy atom. The fourth-order valence-corrected chi connectivity index (χ4v) is 4.47. The summed E-state index contributed by atoms with van der Waals surface area (Å²) in [7, 11) is 0. The molecule has 0 aromatic carbocycles. The van der Waals surface area contributed by atoms with Crippen molar-refractivity contribution in [2.75, 3.05) is 44.2 Å². The number of piperidine rings is 1. The zero-order valence-electron chi connectivity index (χ0n) is 15.8. The second kappa shape index (κ2) is 9.48. The van der Waals surface area contributed by atoms with E-state index in [0.29, 0.717) is 26.2 Å². The molecule has 1 unspecified atom stereocenters. The summed E-state index contributed by atoms with van der Waals surface area (Å²) in [6, 6.07) is 3.92. The van der Waals surface area contributed by atoms with Gasteiger partial charge in [0.2, 0.25) is 0 Å². The molecule has 2 aliphatic rings. The maximum atomic E-state index is 13.0. The van der Waals surface area contributed by atoms with Gasteiger partial charge in [0.25, 0.3) is 0 Å². The van der Waals surface area contributed by atoms with Crippen molar-refractivity contribution < 1.29 is 14.7 Å². The van der Waals surface area contributed by atoms with Crippen molar-refractivity contribution in [1.82, 2.24) is 15.2 Å². The third-order valence-electron chi connectivity index (χ3n) is 5.81. The first-order valence-corrected chi connectivity index (χ1v) is 9.48. The van der Waals surface area contributed by atoms with Crippen LogP contribution in [0, 0.1) is 5.92 Å². The van der Waals surface area contributed by atoms with Gasteiger partial charge in [0.1, 0.15) is 0 Å². The van der Waals surface area contributed by atoms with E-state index >= 15 is 0 Å². The highest BCUT2D eigenvalue weighted by Crippen LogP contribution is 2.35. The van der Waals surface area contributed by atoms with Crippen LogP contribution in [0.25, 0.3) is 0 Å². The molecule has 7 nitrogen and oxygen atoms in total. The van der Waals surface area contributed by atoms with E-state index in [1.54, 1.807) is 19.3 Å². The molecule has 8 heteroatoms. The molecule has 0 amide bonds. The lowest BCUT2D eigenvalue weighted by molar-refractivity contribution is -0.164. The molecular weight excluding hydrogens is 368 g/mol. The fraction of sp³-hybridized carbons (Fsp3) is 0.632. The summed E-state index contributed by atoms with van der Waals surface area (Å²) in [6.07, 6.45) is 5.23. The SMILES string of the molecule is CCC(=O)C(C(=O)O)(C1CCNCC1)N1CCN(c2ccncc2)CC1.Cl. The Kier molecular flexibility index (Phi) is 7.59. The van der Waals surface area contributed by atoms with Crippen molar-refractivity contribution >= 4 is 29.8 Å². The van der Waals surface area contributed by atoms with Gasteiger partial charge in [-0.2, -0.15) is 0 Å². The van der Waals surface area contributed by atoms with Crippen molar-refractivity contribution in [2.24, 2.45) is 5.92 Å². The lowest BCUT2D eigenvalue weighted by Crippen LogP contribution is -2.69. The number of aliphatic carboxylic acids is 1. The predicted molar refractivity (Wildman–Crippen MR) is 107 cm³/mol. The minimum absolute atomic E-state index is 0. The summed E-state index contributed by atoms with van der Waals surface area (Å²) in [6.45, 7) is 5.88. The highest BCUT2D eigenvalue weighted by molar-refractivity contribution is 6.08. The normalized spacial score (nSPS) is 21.1. The van der Waals surface area contributed by atoms with Gasteiger partial charge in [-0.15, -0.1) is 12.4 Å². The Hall–Kier alpha value is -1.70. The Balaban J connectivity index is 0.00000261. The molecule has 2 aliphatic heterocycles. The zero-order chi connectivity index (χ0) is 18.6. The second-order valence-corrected chi connectivity index (χ2v) is 7.05. The third-order valence-corrected chi connectivity index (χ3v) is 5.81. The van der Waals surface area contributed by atoms with Crippen LogP contribution >= 0.6 is 12.4 Å². The number of piperazine rings is 1. The van der Waals surface area contributed by atoms with Gasteiger partial charge in [0.15, 0.2) is 11.3 Å². The fourth-order valence-electron chi connectivity index (χ4n) is 4.47. The van der Waals surface area contributed by atoms with Crippen LogP contribution < -0.4 is 10.2 Å². The summed E-state index contributed by atoms with van der Waals surface area (Å²) in [5, 5.41) is 13.5. The number of carboxylic acids is 1. The summed E-state index contributed by atoms with van der Waals surface area (Å²) in [5.74, 6) is -1.27. The van der Waals surface area contributed by atoms with Crippen LogP contribution in [-0.4, -0.2) is 71.6 Å². The monoisotopic (exact) mass is 396 g/mol. The number of anilines is 1. The summed E-state index contributed by atoms with van der Waals surface area (Å²) < 4.78 is 0. The van der Waals surface area contributed by atoms with E-state index in [0.717, 1.165) is 31.6 Å². The van der Waals surface area contributed by atoms with E-state index in [-0.39, 0.29) is 30.5 Å².